The Labute approximate surface area is 163 Å². The van der Waals surface area contributed by atoms with E-state index in [1.54, 1.807) is 23.9 Å². The maximum atomic E-state index is 12.5. The lowest BCUT2D eigenvalue weighted by atomic mass is 10.2. The van der Waals surface area contributed by atoms with Gasteiger partial charge in [-0.25, -0.2) is 8.42 Å². The average Bonchev–Trinajstić information content (AvgIpc) is 2.67. The van der Waals surface area contributed by atoms with E-state index >= 15 is 0 Å². The van der Waals surface area contributed by atoms with Gasteiger partial charge in [0.1, 0.15) is 0 Å². The van der Waals surface area contributed by atoms with Crippen LogP contribution in [0.1, 0.15) is 15.9 Å². The lowest BCUT2D eigenvalue weighted by Crippen LogP contribution is -2.23. The van der Waals surface area contributed by atoms with Crippen molar-refractivity contribution in [2.45, 2.75) is 21.2 Å². The Balaban J connectivity index is 1.73. The zero-order chi connectivity index (χ0) is 19.3. The molecule has 0 saturated carbocycles. The molecule has 0 aliphatic heterocycles. The Hall–Kier alpha value is -2.57. The largest absolute Gasteiger partial charge is 0.348 e. The van der Waals surface area contributed by atoms with Gasteiger partial charge in [0.2, 0.25) is 0 Å². The molecule has 0 unspecified atom stereocenters. The second kappa shape index (κ2) is 8.41. The van der Waals surface area contributed by atoms with E-state index in [4.69, 9.17) is 0 Å². The van der Waals surface area contributed by atoms with Crippen molar-refractivity contribution in [2.24, 2.45) is 0 Å². The molecule has 0 radical (unpaired) electrons. The van der Waals surface area contributed by atoms with Crippen LogP contribution >= 0.6 is 11.8 Å². The normalized spacial score (nSPS) is 11.1. The van der Waals surface area contributed by atoms with Gasteiger partial charge in [-0.2, -0.15) is 0 Å². The zero-order valence-electron chi connectivity index (χ0n) is 14.8. The van der Waals surface area contributed by atoms with E-state index in [-0.39, 0.29) is 10.8 Å². The van der Waals surface area contributed by atoms with Crippen LogP contribution in [0.15, 0.2) is 93.5 Å². The van der Waals surface area contributed by atoms with Crippen LogP contribution in [0, 0.1) is 0 Å². The molecule has 4 nitrogen and oxygen atoms in total. The van der Waals surface area contributed by atoms with Gasteiger partial charge in [-0.15, -0.1) is 0 Å². The van der Waals surface area contributed by atoms with Crippen molar-refractivity contribution in [3.8, 4) is 0 Å². The number of nitrogens with one attached hydrogen (secondary N) is 1. The third kappa shape index (κ3) is 5.21. The molecule has 0 aliphatic rings. The van der Waals surface area contributed by atoms with Crippen LogP contribution in [0.2, 0.25) is 0 Å². The van der Waals surface area contributed by atoms with Gasteiger partial charge in [0.25, 0.3) is 5.91 Å². The maximum absolute atomic E-state index is 12.5. The highest BCUT2D eigenvalue weighted by Gasteiger charge is 2.12. The molecule has 27 heavy (non-hydrogen) atoms. The van der Waals surface area contributed by atoms with Crippen LogP contribution in [0.5, 0.6) is 0 Å². The standard InChI is InChI=1S/C21H19NO3S2/c1-27(24,25)19-12-7-9-16(14-19)21(23)22-15-17-8-5-6-13-20(17)26-18-10-3-2-4-11-18/h2-14H,15H2,1H3,(H,22,23). The molecular formula is C21H19NO3S2. The molecule has 0 fully saturated rings. The quantitative estimate of drug-likeness (QED) is 0.678. The summed E-state index contributed by atoms with van der Waals surface area (Å²) in [7, 11) is -3.35. The van der Waals surface area contributed by atoms with Gasteiger partial charge >= 0.3 is 0 Å². The first-order chi connectivity index (χ1) is 12.9. The van der Waals surface area contributed by atoms with Crippen LogP contribution in [-0.4, -0.2) is 20.6 Å². The zero-order valence-corrected chi connectivity index (χ0v) is 16.4. The van der Waals surface area contributed by atoms with E-state index in [2.05, 4.69) is 5.32 Å². The van der Waals surface area contributed by atoms with Crippen molar-refractivity contribution in [1.29, 1.82) is 0 Å². The van der Waals surface area contributed by atoms with E-state index in [0.29, 0.717) is 12.1 Å². The molecular weight excluding hydrogens is 378 g/mol. The number of benzene rings is 3. The lowest BCUT2D eigenvalue weighted by molar-refractivity contribution is 0.0950. The van der Waals surface area contributed by atoms with Crippen LogP contribution in [0.4, 0.5) is 0 Å². The summed E-state index contributed by atoms with van der Waals surface area (Å²) in [6.45, 7) is 0.359. The Kier molecular flexibility index (Phi) is 5.98. The van der Waals surface area contributed by atoms with E-state index in [0.717, 1.165) is 21.6 Å². The highest BCUT2D eigenvalue weighted by Crippen LogP contribution is 2.30. The molecule has 0 aliphatic carbocycles. The summed E-state index contributed by atoms with van der Waals surface area (Å²) in [6.07, 6.45) is 1.13. The van der Waals surface area contributed by atoms with Crippen LogP contribution < -0.4 is 5.32 Å². The van der Waals surface area contributed by atoms with Gasteiger partial charge in [-0.3, -0.25) is 4.79 Å². The molecule has 3 aromatic carbocycles. The third-order valence-electron chi connectivity index (χ3n) is 3.91. The lowest BCUT2D eigenvalue weighted by Gasteiger charge is -2.11. The molecule has 0 aromatic heterocycles. The molecule has 0 bridgehead atoms. The summed E-state index contributed by atoms with van der Waals surface area (Å²) < 4.78 is 23.3. The molecule has 1 N–H and O–H groups in total. The topological polar surface area (TPSA) is 63.2 Å². The summed E-state index contributed by atoms with van der Waals surface area (Å²) in [6, 6.07) is 24.0. The van der Waals surface area contributed by atoms with Crippen LogP contribution in [-0.2, 0) is 16.4 Å². The predicted molar refractivity (Wildman–Crippen MR) is 108 cm³/mol. The molecule has 0 spiro atoms. The summed E-state index contributed by atoms with van der Waals surface area (Å²) >= 11 is 1.64. The Morgan fingerprint density at radius 2 is 1.63 bits per heavy atom. The van der Waals surface area contributed by atoms with Crippen molar-refractivity contribution in [1.82, 2.24) is 5.32 Å². The van der Waals surface area contributed by atoms with Gasteiger partial charge in [-0.05, 0) is 42.0 Å². The number of amides is 1. The maximum Gasteiger partial charge on any atom is 0.251 e. The van der Waals surface area contributed by atoms with E-state index in [1.165, 1.54) is 12.1 Å². The van der Waals surface area contributed by atoms with Gasteiger partial charge < -0.3 is 5.32 Å². The van der Waals surface area contributed by atoms with Crippen molar-refractivity contribution in [3.05, 3.63) is 90.0 Å². The van der Waals surface area contributed by atoms with E-state index < -0.39 is 9.84 Å². The average molecular weight is 398 g/mol. The van der Waals surface area contributed by atoms with Gasteiger partial charge in [0.15, 0.2) is 9.84 Å². The van der Waals surface area contributed by atoms with Crippen LogP contribution in [0.25, 0.3) is 0 Å². The highest BCUT2D eigenvalue weighted by atomic mass is 32.2. The number of rotatable bonds is 6. The minimum absolute atomic E-state index is 0.134. The number of sulfone groups is 1. The summed E-state index contributed by atoms with van der Waals surface area (Å²) in [5, 5.41) is 2.87. The summed E-state index contributed by atoms with van der Waals surface area (Å²) in [5.74, 6) is -0.306. The molecule has 3 aromatic rings. The second-order valence-corrected chi connectivity index (χ2v) is 9.14. The first-order valence-corrected chi connectivity index (χ1v) is 11.0. The smallest absolute Gasteiger partial charge is 0.251 e. The van der Waals surface area contributed by atoms with E-state index in [1.807, 2.05) is 54.6 Å². The van der Waals surface area contributed by atoms with Crippen molar-refractivity contribution in [3.63, 3.8) is 0 Å². The van der Waals surface area contributed by atoms with Gasteiger partial charge in [-0.1, -0.05) is 54.2 Å². The number of hydrogen-bond donors (Lipinski definition) is 1. The number of carbonyl (C=O) groups is 1. The van der Waals surface area contributed by atoms with Crippen molar-refractivity contribution >= 4 is 27.5 Å². The molecule has 3 rings (SSSR count). The highest BCUT2D eigenvalue weighted by molar-refractivity contribution is 7.99. The first kappa shape index (κ1) is 19.2. The predicted octanol–water partition coefficient (Wildman–Crippen LogP) is 4.17. The van der Waals surface area contributed by atoms with Gasteiger partial charge in [0.05, 0.1) is 4.90 Å². The minimum Gasteiger partial charge on any atom is -0.348 e. The molecule has 0 heterocycles. The molecule has 0 saturated heterocycles. The Morgan fingerprint density at radius 3 is 2.37 bits per heavy atom. The summed E-state index contributed by atoms with van der Waals surface area (Å²) in [4.78, 5) is 14.8. The molecule has 0 atom stereocenters. The fourth-order valence-corrected chi connectivity index (χ4v) is 4.14. The van der Waals surface area contributed by atoms with Crippen molar-refractivity contribution < 1.29 is 13.2 Å². The molecule has 6 heteroatoms. The fourth-order valence-electron chi connectivity index (χ4n) is 2.51. The van der Waals surface area contributed by atoms with E-state index in [9.17, 15) is 13.2 Å². The van der Waals surface area contributed by atoms with Crippen LogP contribution in [0.3, 0.4) is 0 Å². The monoisotopic (exact) mass is 397 g/mol. The molecule has 1 amide bonds. The Bertz CT molecular complexity index is 1050. The number of hydrogen-bond acceptors (Lipinski definition) is 4. The fraction of sp³-hybridized carbons (Fsp3) is 0.0952. The Morgan fingerprint density at radius 1 is 0.926 bits per heavy atom. The number of carbonyl (C=O) groups excluding carboxylic acids is 1. The van der Waals surface area contributed by atoms with Gasteiger partial charge in [0, 0.05) is 28.2 Å². The van der Waals surface area contributed by atoms with Crippen molar-refractivity contribution in [2.75, 3.05) is 6.26 Å². The first-order valence-electron chi connectivity index (χ1n) is 8.32. The molecule has 138 valence electrons. The third-order valence-corrected chi connectivity index (χ3v) is 6.14. The second-order valence-electron chi connectivity index (χ2n) is 6.01. The summed E-state index contributed by atoms with van der Waals surface area (Å²) in [5.41, 5.74) is 1.32. The SMILES string of the molecule is CS(=O)(=O)c1cccc(C(=O)NCc2ccccc2Sc2ccccc2)c1. The minimum atomic E-state index is -3.35.